The van der Waals surface area contributed by atoms with Gasteiger partial charge in [-0.3, -0.25) is 4.79 Å². The highest BCUT2D eigenvalue weighted by Crippen LogP contribution is 2.28. The molecule has 0 aliphatic heterocycles. The Hall–Kier alpha value is -1.36. The van der Waals surface area contributed by atoms with Crippen LogP contribution < -0.4 is 5.32 Å². The summed E-state index contributed by atoms with van der Waals surface area (Å²) in [4.78, 5) is 12.1. The van der Waals surface area contributed by atoms with E-state index in [0.29, 0.717) is 20.6 Å². The molecule has 21 heavy (non-hydrogen) atoms. The molecule has 106 valence electrons. The first-order valence-corrected chi connectivity index (χ1v) is 8.01. The maximum atomic E-state index is 12.1. The third kappa shape index (κ3) is 4.30. The van der Waals surface area contributed by atoms with Gasteiger partial charge in [0.1, 0.15) is 17.4 Å². The number of nitrogens with zero attached hydrogens (tertiary/aromatic N) is 1. The van der Waals surface area contributed by atoms with Gasteiger partial charge < -0.3 is 9.73 Å². The molecule has 0 bridgehead atoms. The zero-order valence-corrected chi connectivity index (χ0v) is 15.1. The predicted molar refractivity (Wildman–Crippen MR) is 90.5 cm³/mol. The number of anilines is 1. The van der Waals surface area contributed by atoms with Gasteiger partial charge in [0.2, 0.25) is 0 Å². The molecular weight excluding hydrogens is 468 g/mol. The van der Waals surface area contributed by atoms with E-state index in [9.17, 15) is 4.79 Å². The van der Waals surface area contributed by atoms with Crippen LogP contribution in [-0.4, -0.2) is 5.91 Å². The first-order valence-electron chi connectivity index (χ1n) is 5.63. The molecule has 1 N–H and O–H groups in total. The molecule has 7 heteroatoms. The van der Waals surface area contributed by atoms with Gasteiger partial charge in [0.25, 0.3) is 5.91 Å². The first kappa shape index (κ1) is 16.0. The van der Waals surface area contributed by atoms with Crippen LogP contribution in [0.25, 0.3) is 6.08 Å². The first-order chi connectivity index (χ1) is 9.99. The van der Waals surface area contributed by atoms with E-state index in [2.05, 4.69) is 53.1 Å². The van der Waals surface area contributed by atoms with Gasteiger partial charge in [0.05, 0.1) is 4.47 Å². The van der Waals surface area contributed by atoms with E-state index in [1.54, 1.807) is 24.3 Å². The normalized spacial score (nSPS) is 11.0. The fourth-order valence-corrected chi connectivity index (χ4v) is 2.50. The second-order valence-corrected chi connectivity index (χ2v) is 6.39. The largest absolute Gasteiger partial charge is 0.449 e. The minimum absolute atomic E-state index is 0.0521. The number of benzene rings is 1. The molecule has 1 amide bonds. The molecule has 0 aliphatic carbocycles. The molecule has 0 aliphatic rings. The number of nitriles is 1. The maximum Gasteiger partial charge on any atom is 0.266 e. The summed E-state index contributed by atoms with van der Waals surface area (Å²) in [5, 5.41) is 11.8. The van der Waals surface area contributed by atoms with E-state index in [1.807, 2.05) is 12.1 Å². The molecule has 2 aromatic rings. The van der Waals surface area contributed by atoms with Gasteiger partial charge in [-0.2, -0.15) is 5.26 Å². The van der Waals surface area contributed by atoms with Gasteiger partial charge >= 0.3 is 0 Å². The summed E-state index contributed by atoms with van der Waals surface area (Å²) in [6.07, 6.45) is 1.38. The van der Waals surface area contributed by atoms with E-state index in [1.165, 1.54) is 6.08 Å². The maximum absolute atomic E-state index is 12.1. The SMILES string of the molecule is N#C/C(=C/c1cc(Br)c(Br)o1)C(=O)Nc1cccc(Br)c1. The number of halogens is 3. The lowest BCUT2D eigenvalue weighted by Crippen LogP contribution is -2.13. The van der Waals surface area contributed by atoms with Crippen molar-refractivity contribution in [2.75, 3.05) is 5.32 Å². The standard InChI is InChI=1S/C14H7Br3N2O2/c15-9-2-1-3-10(5-9)19-14(20)8(7-18)4-11-6-12(16)13(17)21-11/h1-6H,(H,19,20)/b8-4-. The minimum atomic E-state index is -0.501. The zero-order valence-electron chi connectivity index (χ0n) is 10.4. The fraction of sp³-hybridized carbons (Fsp3) is 0. The van der Waals surface area contributed by atoms with Gasteiger partial charge in [0.15, 0.2) is 4.67 Å². The van der Waals surface area contributed by atoms with Crippen molar-refractivity contribution in [1.29, 1.82) is 5.26 Å². The smallest absolute Gasteiger partial charge is 0.266 e. The summed E-state index contributed by atoms with van der Waals surface area (Å²) >= 11 is 9.78. The lowest BCUT2D eigenvalue weighted by Gasteiger charge is -2.04. The Balaban J connectivity index is 2.21. The summed E-state index contributed by atoms with van der Waals surface area (Å²) in [7, 11) is 0. The molecule has 0 spiro atoms. The highest BCUT2D eigenvalue weighted by molar-refractivity contribution is 9.13. The average molecular weight is 475 g/mol. The number of hydrogen-bond donors (Lipinski definition) is 1. The van der Waals surface area contributed by atoms with Crippen LogP contribution in [-0.2, 0) is 4.79 Å². The highest BCUT2D eigenvalue weighted by atomic mass is 79.9. The third-order valence-electron chi connectivity index (χ3n) is 2.40. The number of rotatable bonds is 3. The summed E-state index contributed by atoms with van der Waals surface area (Å²) in [6.45, 7) is 0. The van der Waals surface area contributed by atoms with Crippen molar-refractivity contribution < 1.29 is 9.21 Å². The topological polar surface area (TPSA) is 66.0 Å². The van der Waals surface area contributed by atoms with Crippen molar-refractivity contribution >= 4 is 65.5 Å². The van der Waals surface area contributed by atoms with Crippen LogP contribution in [0.5, 0.6) is 0 Å². The van der Waals surface area contributed by atoms with E-state index in [0.717, 1.165) is 4.47 Å². The number of amides is 1. The van der Waals surface area contributed by atoms with Crippen LogP contribution in [0, 0.1) is 11.3 Å². The van der Waals surface area contributed by atoms with Crippen LogP contribution >= 0.6 is 47.8 Å². The van der Waals surface area contributed by atoms with Crippen molar-refractivity contribution in [2.45, 2.75) is 0 Å². The van der Waals surface area contributed by atoms with Crippen LogP contribution in [0.3, 0.4) is 0 Å². The molecule has 0 atom stereocenters. The van der Waals surface area contributed by atoms with Gasteiger partial charge in [0, 0.05) is 16.2 Å². The number of hydrogen-bond acceptors (Lipinski definition) is 3. The lowest BCUT2D eigenvalue weighted by atomic mass is 10.2. The van der Waals surface area contributed by atoms with Crippen LogP contribution in [0.1, 0.15) is 5.76 Å². The monoisotopic (exact) mass is 472 g/mol. The Morgan fingerprint density at radius 1 is 1.29 bits per heavy atom. The van der Waals surface area contributed by atoms with Gasteiger partial charge in [-0.05, 0) is 56.1 Å². The predicted octanol–water partition coefficient (Wildman–Crippen LogP) is 5.11. The van der Waals surface area contributed by atoms with Crippen LogP contribution in [0.2, 0.25) is 0 Å². The molecular formula is C14H7Br3N2O2. The van der Waals surface area contributed by atoms with Crippen molar-refractivity contribution in [3.05, 3.63) is 55.3 Å². The van der Waals surface area contributed by atoms with E-state index in [-0.39, 0.29) is 5.57 Å². The molecule has 2 rings (SSSR count). The summed E-state index contributed by atoms with van der Waals surface area (Å²) in [6, 6.07) is 10.6. The Kier molecular flexibility index (Phi) is 5.39. The Morgan fingerprint density at radius 2 is 2.05 bits per heavy atom. The summed E-state index contributed by atoms with van der Waals surface area (Å²) in [5.74, 6) is -0.103. The van der Waals surface area contributed by atoms with Crippen molar-refractivity contribution in [1.82, 2.24) is 0 Å². The summed E-state index contributed by atoms with van der Waals surface area (Å²) < 4.78 is 7.36. The minimum Gasteiger partial charge on any atom is -0.449 e. The third-order valence-corrected chi connectivity index (χ3v) is 4.60. The van der Waals surface area contributed by atoms with E-state index < -0.39 is 5.91 Å². The number of carbonyl (C=O) groups excluding carboxylic acids is 1. The van der Waals surface area contributed by atoms with Crippen molar-refractivity contribution in [3.8, 4) is 6.07 Å². The van der Waals surface area contributed by atoms with Crippen LogP contribution in [0.4, 0.5) is 5.69 Å². The number of nitrogens with one attached hydrogen (secondary N) is 1. The fourth-order valence-electron chi connectivity index (χ4n) is 1.49. The lowest BCUT2D eigenvalue weighted by molar-refractivity contribution is -0.112. The molecule has 0 saturated carbocycles. The average Bonchev–Trinajstić information content (AvgIpc) is 2.74. The second kappa shape index (κ2) is 7.07. The molecule has 1 heterocycles. The zero-order chi connectivity index (χ0) is 15.4. The van der Waals surface area contributed by atoms with E-state index >= 15 is 0 Å². The number of carbonyl (C=O) groups is 1. The molecule has 1 aromatic heterocycles. The Bertz CT molecular complexity index is 740. The second-order valence-electron chi connectivity index (χ2n) is 3.90. The Labute approximate surface area is 146 Å². The quantitative estimate of drug-likeness (QED) is 0.496. The summed E-state index contributed by atoms with van der Waals surface area (Å²) in [5.41, 5.74) is 0.543. The van der Waals surface area contributed by atoms with Crippen LogP contribution in [0.15, 0.2) is 53.9 Å². The number of furan rings is 1. The molecule has 0 saturated heterocycles. The molecule has 0 fully saturated rings. The Morgan fingerprint density at radius 3 is 2.62 bits per heavy atom. The van der Waals surface area contributed by atoms with Gasteiger partial charge in [-0.1, -0.05) is 22.0 Å². The van der Waals surface area contributed by atoms with Gasteiger partial charge in [-0.25, -0.2) is 0 Å². The molecule has 4 nitrogen and oxygen atoms in total. The highest BCUT2D eigenvalue weighted by Gasteiger charge is 2.12. The molecule has 1 aromatic carbocycles. The van der Waals surface area contributed by atoms with E-state index in [4.69, 9.17) is 9.68 Å². The van der Waals surface area contributed by atoms with Crippen molar-refractivity contribution in [3.63, 3.8) is 0 Å². The molecule has 0 radical (unpaired) electrons. The van der Waals surface area contributed by atoms with Crippen molar-refractivity contribution in [2.24, 2.45) is 0 Å². The molecule has 0 unspecified atom stereocenters. The van der Waals surface area contributed by atoms with Gasteiger partial charge in [-0.15, -0.1) is 0 Å².